The third-order valence-corrected chi connectivity index (χ3v) is 4.06. The van der Waals surface area contributed by atoms with E-state index in [-0.39, 0.29) is 11.4 Å². The van der Waals surface area contributed by atoms with Crippen molar-refractivity contribution in [2.24, 2.45) is 0 Å². The van der Waals surface area contributed by atoms with Crippen molar-refractivity contribution < 1.29 is 12.9 Å². The van der Waals surface area contributed by atoms with Gasteiger partial charge in [-0.1, -0.05) is 5.16 Å². The number of anilines is 1. The number of benzene rings is 1. The van der Waals surface area contributed by atoms with Crippen molar-refractivity contribution in [3.8, 4) is 0 Å². The van der Waals surface area contributed by atoms with Crippen LogP contribution in [0.25, 0.3) is 0 Å². The van der Waals surface area contributed by atoms with Gasteiger partial charge in [0.05, 0.1) is 4.90 Å². The minimum absolute atomic E-state index is 0.187. The van der Waals surface area contributed by atoms with E-state index >= 15 is 0 Å². The summed E-state index contributed by atoms with van der Waals surface area (Å²) in [4.78, 5) is 3.99. The second-order valence-corrected chi connectivity index (χ2v) is 5.78. The SMILES string of the molecule is Cc1cc(S(=O)(=O)NCCc2ncon2)ccc1N. The summed E-state index contributed by atoms with van der Waals surface area (Å²) in [6, 6.07) is 4.58. The molecule has 0 fully saturated rings. The molecule has 2 rings (SSSR count). The fourth-order valence-corrected chi connectivity index (χ4v) is 2.62. The highest BCUT2D eigenvalue weighted by Gasteiger charge is 2.14. The summed E-state index contributed by atoms with van der Waals surface area (Å²) in [7, 11) is -3.54. The van der Waals surface area contributed by atoms with E-state index in [2.05, 4.69) is 19.4 Å². The molecule has 0 atom stereocenters. The number of nitrogen functional groups attached to an aromatic ring is 1. The molecule has 1 heterocycles. The van der Waals surface area contributed by atoms with Gasteiger partial charge in [0.2, 0.25) is 16.4 Å². The Kier molecular flexibility index (Phi) is 3.82. The van der Waals surface area contributed by atoms with Crippen LogP contribution >= 0.6 is 0 Å². The number of aromatic nitrogens is 2. The van der Waals surface area contributed by atoms with Gasteiger partial charge in [-0.15, -0.1) is 0 Å². The molecule has 8 heteroatoms. The van der Waals surface area contributed by atoms with Crippen LogP contribution in [0, 0.1) is 6.92 Å². The number of sulfonamides is 1. The van der Waals surface area contributed by atoms with E-state index in [4.69, 9.17) is 5.73 Å². The van der Waals surface area contributed by atoms with Crippen LogP contribution in [0.3, 0.4) is 0 Å². The summed E-state index contributed by atoms with van der Waals surface area (Å²) in [6.45, 7) is 1.96. The lowest BCUT2D eigenvalue weighted by Crippen LogP contribution is -2.26. The van der Waals surface area contributed by atoms with Gasteiger partial charge in [-0.25, -0.2) is 13.1 Å². The first-order valence-electron chi connectivity index (χ1n) is 5.60. The van der Waals surface area contributed by atoms with Crippen LogP contribution < -0.4 is 10.5 Å². The van der Waals surface area contributed by atoms with Gasteiger partial charge in [0.1, 0.15) is 0 Å². The molecule has 0 aliphatic carbocycles. The van der Waals surface area contributed by atoms with Crippen molar-refractivity contribution >= 4 is 15.7 Å². The van der Waals surface area contributed by atoms with Gasteiger partial charge in [-0.2, -0.15) is 4.98 Å². The Balaban J connectivity index is 2.03. The Labute approximate surface area is 110 Å². The number of hydrogen-bond donors (Lipinski definition) is 2. The molecular weight excluding hydrogens is 268 g/mol. The van der Waals surface area contributed by atoms with Crippen molar-refractivity contribution in [1.82, 2.24) is 14.9 Å². The molecule has 2 aromatic rings. The molecule has 0 aliphatic heterocycles. The maximum Gasteiger partial charge on any atom is 0.240 e. The lowest BCUT2D eigenvalue weighted by Gasteiger charge is -2.07. The van der Waals surface area contributed by atoms with Crippen LogP contribution in [0.1, 0.15) is 11.4 Å². The first-order chi connectivity index (χ1) is 8.99. The largest absolute Gasteiger partial charge is 0.399 e. The van der Waals surface area contributed by atoms with E-state index < -0.39 is 10.0 Å². The van der Waals surface area contributed by atoms with Crippen LogP contribution in [-0.2, 0) is 16.4 Å². The highest BCUT2D eigenvalue weighted by Crippen LogP contribution is 2.16. The zero-order chi connectivity index (χ0) is 13.9. The predicted octanol–water partition coefficient (Wildman–Crippen LogP) is 0.481. The van der Waals surface area contributed by atoms with Crippen molar-refractivity contribution in [2.45, 2.75) is 18.2 Å². The highest BCUT2D eigenvalue weighted by molar-refractivity contribution is 7.89. The number of nitrogens with two attached hydrogens (primary N) is 1. The van der Waals surface area contributed by atoms with Gasteiger partial charge in [-0.05, 0) is 30.7 Å². The highest BCUT2D eigenvalue weighted by atomic mass is 32.2. The van der Waals surface area contributed by atoms with E-state index in [1.54, 1.807) is 13.0 Å². The van der Waals surface area contributed by atoms with E-state index in [1.807, 2.05) is 0 Å². The van der Waals surface area contributed by atoms with E-state index in [0.717, 1.165) is 5.56 Å². The van der Waals surface area contributed by atoms with Crippen molar-refractivity contribution in [1.29, 1.82) is 0 Å². The summed E-state index contributed by atoms with van der Waals surface area (Å²) in [5, 5.41) is 3.60. The van der Waals surface area contributed by atoms with Crippen molar-refractivity contribution in [3.05, 3.63) is 36.0 Å². The molecule has 0 saturated heterocycles. The first-order valence-corrected chi connectivity index (χ1v) is 7.08. The Bertz CT molecular complexity index is 653. The lowest BCUT2D eigenvalue weighted by molar-refractivity contribution is 0.410. The molecule has 0 aliphatic rings. The van der Waals surface area contributed by atoms with Gasteiger partial charge < -0.3 is 10.3 Å². The topological polar surface area (TPSA) is 111 Å². The molecule has 0 saturated carbocycles. The predicted molar refractivity (Wildman–Crippen MR) is 68.8 cm³/mol. The van der Waals surface area contributed by atoms with Gasteiger partial charge in [0.15, 0.2) is 5.82 Å². The van der Waals surface area contributed by atoms with Gasteiger partial charge >= 0.3 is 0 Å². The standard InChI is InChI=1S/C11H14N4O3S/c1-8-6-9(2-3-10(8)12)19(16,17)14-5-4-11-13-7-18-15-11/h2-3,6-7,14H,4-5,12H2,1H3. The molecule has 1 aromatic carbocycles. The van der Waals surface area contributed by atoms with Crippen LogP contribution in [0.2, 0.25) is 0 Å². The Morgan fingerprint density at radius 3 is 2.84 bits per heavy atom. The number of aryl methyl sites for hydroxylation is 1. The maximum absolute atomic E-state index is 12.0. The van der Waals surface area contributed by atoms with Crippen molar-refractivity contribution in [2.75, 3.05) is 12.3 Å². The molecule has 7 nitrogen and oxygen atoms in total. The monoisotopic (exact) mass is 282 g/mol. The van der Waals surface area contributed by atoms with Gasteiger partial charge in [-0.3, -0.25) is 0 Å². The van der Waals surface area contributed by atoms with Crippen LogP contribution in [-0.4, -0.2) is 25.1 Å². The van der Waals surface area contributed by atoms with Crippen LogP contribution in [0.4, 0.5) is 5.69 Å². The van der Waals surface area contributed by atoms with Gasteiger partial charge in [0, 0.05) is 18.7 Å². The molecule has 102 valence electrons. The van der Waals surface area contributed by atoms with E-state index in [0.29, 0.717) is 17.9 Å². The summed E-state index contributed by atoms with van der Waals surface area (Å²) in [5.41, 5.74) is 6.94. The molecule has 3 N–H and O–H groups in total. The Morgan fingerprint density at radius 2 is 2.21 bits per heavy atom. The van der Waals surface area contributed by atoms with Crippen molar-refractivity contribution in [3.63, 3.8) is 0 Å². The molecule has 1 aromatic heterocycles. The average Bonchev–Trinajstić information content (AvgIpc) is 2.85. The second kappa shape index (κ2) is 5.37. The molecule has 19 heavy (non-hydrogen) atoms. The smallest absolute Gasteiger partial charge is 0.240 e. The average molecular weight is 282 g/mol. The zero-order valence-electron chi connectivity index (χ0n) is 10.3. The van der Waals surface area contributed by atoms with Crippen LogP contribution in [0.5, 0.6) is 0 Å². The normalized spacial score (nSPS) is 11.6. The summed E-state index contributed by atoms with van der Waals surface area (Å²) < 4.78 is 31.0. The number of hydrogen-bond acceptors (Lipinski definition) is 6. The van der Waals surface area contributed by atoms with E-state index in [9.17, 15) is 8.42 Å². The number of rotatable bonds is 5. The zero-order valence-corrected chi connectivity index (χ0v) is 11.1. The maximum atomic E-state index is 12.0. The number of nitrogens with one attached hydrogen (secondary N) is 1. The molecule has 0 radical (unpaired) electrons. The molecule has 0 bridgehead atoms. The quantitative estimate of drug-likeness (QED) is 0.772. The summed E-state index contributed by atoms with van der Waals surface area (Å²) in [6.07, 6.45) is 1.57. The Hall–Kier alpha value is -1.93. The Morgan fingerprint density at radius 1 is 1.42 bits per heavy atom. The first kappa shape index (κ1) is 13.5. The lowest BCUT2D eigenvalue weighted by atomic mass is 10.2. The molecule has 0 spiro atoms. The molecule has 0 unspecified atom stereocenters. The van der Waals surface area contributed by atoms with Gasteiger partial charge in [0.25, 0.3) is 0 Å². The van der Waals surface area contributed by atoms with Crippen LogP contribution in [0.15, 0.2) is 34.0 Å². The third kappa shape index (κ3) is 3.30. The molecule has 0 amide bonds. The minimum Gasteiger partial charge on any atom is -0.399 e. The minimum atomic E-state index is -3.54. The summed E-state index contributed by atoms with van der Waals surface area (Å²) in [5.74, 6) is 0.455. The summed E-state index contributed by atoms with van der Waals surface area (Å²) >= 11 is 0. The van der Waals surface area contributed by atoms with E-state index in [1.165, 1.54) is 18.5 Å². The second-order valence-electron chi connectivity index (χ2n) is 4.01. The number of nitrogens with zero attached hydrogens (tertiary/aromatic N) is 2. The third-order valence-electron chi connectivity index (χ3n) is 2.60. The fraction of sp³-hybridized carbons (Fsp3) is 0.273. The fourth-order valence-electron chi connectivity index (χ4n) is 1.50. The molecular formula is C11H14N4O3S.